The zero-order chi connectivity index (χ0) is 16.9. The van der Waals surface area contributed by atoms with E-state index in [0.29, 0.717) is 5.56 Å². The molecule has 126 valence electrons. The first-order chi connectivity index (χ1) is 11.7. The smallest absolute Gasteiger partial charge is 0.124 e. The molecule has 2 aromatic carbocycles. The van der Waals surface area contributed by atoms with Crippen LogP contribution < -0.4 is 4.90 Å². The lowest BCUT2D eigenvalue weighted by atomic mass is 10.2. The van der Waals surface area contributed by atoms with Crippen molar-refractivity contribution in [1.29, 1.82) is 0 Å². The van der Waals surface area contributed by atoms with Gasteiger partial charge in [0.1, 0.15) is 5.75 Å². The third-order valence-corrected chi connectivity index (χ3v) is 4.87. The fourth-order valence-electron chi connectivity index (χ4n) is 2.84. The molecule has 0 radical (unpaired) electrons. The molecule has 2 aromatic rings. The van der Waals surface area contributed by atoms with E-state index in [2.05, 4.69) is 49.8 Å². The van der Waals surface area contributed by atoms with Gasteiger partial charge in [0.05, 0.1) is 5.69 Å². The van der Waals surface area contributed by atoms with Crippen LogP contribution in [0, 0.1) is 0 Å². The average Bonchev–Trinajstić information content (AvgIpc) is 2.63. The maximum absolute atomic E-state index is 9.85. The number of rotatable bonds is 4. The monoisotopic (exact) mass is 387 g/mol. The number of aliphatic imine (C=N–C) groups is 1. The largest absolute Gasteiger partial charge is 0.507 e. The van der Waals surface area contributed by atoms with Gasteiger partial charge in [0.2, 0.25) is 0 Å². The molecule has 24 heavy (non-hydrogen) atoms. The van der Waals surface area contributed by atoms with Gasteiger partial charge >= 0.3 is 0 Å². The van der Waals surface area contributed by atoms with Crippen LogP contribution in [0.2, 0.25) is 0 Å². The van der Waals surface area contributed by atoms with Crippen molar-refractivity contribution in [3.63, 3.8) is 0 Å². The minimum absolute atomic E-state index is 0.229. The molecular weight excluding hydrogens is 366 g/mol. The van der Waals surface area contributed by atoms with Gasteiger partial charge in [-0.05, 0) is 49.0 Å². The predicted molar refractivity (Wildman–Crippen MR) is 104 cm³/mol. The molecule has 0 aliphatic carbocycles. The van der Waals surface area contributed by atoms with E-state index in [1.807, 2.05) is 18.2 Å². The molecule has 0 saturated carbocycles. The Bertz CT molecular complexity index is 707. The molecule has 3 rings (SSSR count). The summed E-state index contributed by atoms with van der Waals surface area (Å²) in [6.45, 7) is 7.73. The van der Waals surface area contributed by atoms with Crippen LogP contribution in [0.25, 0.3) is 0 Å². The Hall–Kier alpha value is -1.85. The fourth-order valence-corrected chi connectivity index (χ4v) is 3.22. The molecule has 0 bridgehead atoms. The van der Waals surface area contributed by atoms with Gasteiger partial charge in [-0.1, -0.05) is 22.9 Å². The molecule has 0 aromatic heterocycles. The normalized spacial score (nSPS) is 16.0. The van der Waals surface area contributed by atoms with Crippen molar-refractivity contribution in [3.05, 3.63) is 52.5 Å². The van der Waals surface area contributed by atoms with Crippen LogP contribution in [0.15, 0.2) is 51.9 Å². The minimum Gasteiger partial charge on any atom is -0.507 e. The highest BCUT2D eigenvalue weighted by atomic mass is 79.9. The summed E-state index contributed by atoms with van der Waals surface area (Å²) in [5, 5.41) is 9.85. The Morgan fingerprint density at radius 2 is 1.79 bits per heavy atom. The molecule has 0 unspecified atom stereocenters. The van der Waals surface area contributed by atoms with E-state index >= 15 is 0 Å². The molecule has 0 spiro atoms. The minimum atomic E-state index is 0.229. The van der Waals surface area contributed by atoms with Gasteiger partial charge in [-0.25, -0.2) is 0 Å². The van der Waals surface area contributed by atoms with Gasteiger partial charge in [-0.15, -0.1) is 0 Å². The van der Waals surface area contributed by atoms with Crippen LogP contribution in [-0.4, -0.2) is 48.9 Å². The number of benzene rings is 2. The molecule has 1 aliphatic heterocycles. The summed E-state index contributed by atoms with van der Waals surface area (Å²) < 4.78 is 0.920. The Morgan fingerprint density at radius 1 is 1.08 bits per heavy atom. The first kappa shape index (κ1) is 17.0. The summed E-state index contributed by atoms with van der Waals surface area (Å²) in [5.74, 6) is 0.229. The summed E-state index contributed by atoms with van der Waals surface area (Å²) >= 11 is 3.40. The number of aromatic hydroxyl groups is 1. The highest BCUT2D eigenvalue weighted by Crippen LogP contribution is 2.23. The number of hydrogen-bond donors (Lipinski definition) is 1. The van der Waals surface area contributed by atoms with Crippen molar-refractivity contribution >= 4 is 33.5 Å². The van der Waals surface area contributed by atoms with Crippen molar-refractivity contribution in [3.8, 4) is 5.75 Å². The number of nitrogens with zero attached hydrogens (tertiary/aromatic N) is 3. The quantitative estimate of drug-likeness (QED) is 0.804. The predicted octanol–water partition coefficient (Wildman–Crippen LogP) is 4.05. The van der Waals surface area contributed by atoms with Crippen LogP contribution >= 0.6 is 15.9 Å². The standard InChI is InChI=1S/C19H22BrN3O/c1-2-22-9-11-23(12-10-22)18-6-4-17(5-7-18)21-14-15-13-16(20)3-8-19(15)24/h3-8,13-14,24H,2,9-12H2,1H3. The lowest BCUT2D eigenvalue weighted by molar-refractivity contribution is 0.271. The van der Waals surface area contributed by atoms with E-state index in [1.165, 1.54) is 5.69 Å². The number of halogens is 1. The van der Waals surface area contributed by atoms with Crippen LogP contribution in [0.3, 0.4) is 0 Å². The van der Waals surface area contributed by atoms with E-state index in [4.69, 9.17) is 0 Å². The van der Waals surface area contributed by atoms with Crippen molar-refractivity contribution < 1.29 is 5.11 Å². The van der Waals surface area contributed by atoms with Gasteiger partial charge in [0.25, 0.3) is 0 Å². The van der Waals surface area contributed by atoms with E-state index in [9.17, 15) is 5.11 Å². The summed E-state index contributed by atoms with van der Waals surface area (Å²) in [7, 11) is 0. The SMILES string of the molecule is CCN1CCN(c2ccc(N=Cc3cc(Br)ccc3O)cc2)CC1. The van der Waals surface area contributed by atoms with Crippen LogP contribution in [0.4, 0.5) is 11.4 Å². The fraction of sp³-hybridized carbons (Fsp3) is 0.316. The number of piperazine rings is 1. The highest BCUT2D eigenvalue weighted by Gasteiger charge is 2.15. The second kappa shape index (κ2) is 7.81. The van der Waals surface area contributed by atoms with Crippen molar-refractivity contribution in [2.24, 2.45) is 4.99 Å². The van der Waals surface area contributed by atoms with Gasteiger partial charge in [0, 0.05) is 48.1 Å². The van der Waals surface area contributed by atoms with Gasteiger partial charge in [0.15, 0.2) is 0 Å². The summed E-state index contributed by atoms with van der Waals surface area (Å²) in [6, 6.07) is 13.6. The van der Waals surface area contributed by atoms with Crippen molar-refractivity contribution in [2.75, 3.05) is 37.6 Å². The third kappa shape index (κ3) is 4.16. The molecule has 0 atom stereocenters. The lowest BCUT2D eigenvalue weighted by Gasteiger charge is -2.35. The number of phenolic OH excluding ortho intramolecular Hbond substituents is 1. The van der Waals surface area contributed by atoms with Crippen LogP contribution in [0.5, 0.6) is 5.75 Å². The summed E-state index contributed by atoms with van der Waals surface area (Å²) in [5.41, 5.74) is 2.82. The average molecular weight is 388 g/mol. The topological polar surface area (TPSA) is 39.1 Å². The zero-order valence-electron chi connectivity index (χ0n) is 13.8. The summed E-state index contributed by atoms with van der Waals surface area (Å²) in [6.07, 6.45) is 1.69. The van der Waals surface area contributed by atoms with Crippen molar-refractivity contribution in [1.82, 2.24) is 4.90 Å². The van der Waals surface area contributed by atoms with Crippen LogP contribution in [-0.2, 0) is 0 Å². The first-order valence-electron chi connectivity index (χ1n) is 8.25. The molecule has 1 N–H and O–H groups in total. The molecule has 5 heteroatoms. The molecule has 1 aliphatic rings. The van der Waals surface area contributed by atoms with E-state index < -0.39 is 0 Å². The van der Waals surface area contributed by atoms with E-state index in [0.717, 1.165) is 42.9 Å². The van der Waals surface area contributed by atoms with E-state index in [1.54, 1.807) is 18.3 Å². The number of anilines is 1. The van der Waals surface area contributed by atoms with Crippen LogP contribution in [0.1, 0.15) is 12.5 Å². The molecule has 1 heterocycles. The molecule has 0 amide bonds. The molecule has 4 nitrogen and oxygen atoms in total. The Labute approximate surface area is 151 Å². The second-order valence-electron chi connectivity index (χ2n) is 5.90. The lowest BCUT2D eigenvalue weighted by Crippen LogP contribution is -2.46. The second-order valence-corrected chi connectivity index (χ2v) is 6.81. The van der Waals surface area contributed by atoms with Gasteiger partial charge in [-0.2, -0.15) is 0 Å². The number of phenols is 1. The Kier molecular flexibility index (Phi) is 5.53. The molecular formula is C19H22BrN3O. The summed E-state index contributed by atoms with van der Waals surface area (Å²) in [4.78, 5) is 9.35. The van der Waals surface area contributed by atoms with Gasteiger partial charge < -0.3 is 14.9 Å². The number of hydrogen-bond acceptors (Lipinski definition) is 4. The number of likely N-dealkylation sites (N-methyl/N-ethyl adjacent to an activating group) is 1. The Balaban J connectivity index is 1.66. The zero-order valence-corrected chi connectivity index (χ0v) is 15.4. The highest BCUT2D eigenvalue weighted by molar-refractivity contribution is 9.10. The first-order valence-corrected chi connectivity index (χ1v) is 9.05. The maximum atomic E-state index is 9.85. The maximum Gasteiger partial charge on any atom is 0.124 e. The molecule has 1 fully saturated rings. The van der Waals surface area contributed by atoms with Gasteiger partial charge in [-0.3, -0.25) is 4.99 Å². The Morgan fingerprint density at radius 3 is 2.46 bits per heavy atom. The van der Waals surface area contributed by atoms with E-state index in [-0.39, 0.29) is 5.75 Å². The molecule has 1 saturated heterocycles. The van der Waals surface area contributed by atoms with Crippen molar-refractivity contribution in [2.45, 2.75) is 6.92 Å². The third-order valence-electron chi connectivity index (χ3n) is 4.38.